The molecular weight excluding hydrogens is 186 g/mol. The van der Waals surface area contributed by atoms with E-state index >= 15 is 0 Å². The Labute approximate surface area is 80.4 Å². The molecule has 1 aromatic heterocycles. The maximum absolute atomic E-state index is 10.9. The lowest BCUT2D eigenvalue weighted by Gasteiger charge is -1.97. The van der Waals surface area contributed by atoms with E-state index in [-0.39, 0.29) is 17.3 Å². The highest BCUT2D eigenvalue weighted by Gasteiger charge is 2.63. The number of thiazole rings is 1. The molecule has 1 aliphatic rings. The Hall–Kier alpha value is -0.900. The van der Waals surface area contributed by atoms with Crippen molar-refractivity contribution in [3.05, 3.63) is 16.6 Å². The van der Waals surface area contributed by atoms with E-state index in [1.807, 2.05) is 13.8 Å². The van der Waals surface area contributed by atoms with E-state index in [1.54, 1.807) is 23.0 Å². The van der Waals surface area contributed by atoms with Gasteiger partial charge in [0.1, 0.15) is 0 Å². The van der Waals surface area contributed by atoms with E-state index in [2.05, 4.69) is 4.98 Å². The second-order valence-corrected chi connectivity index (χ2v) is 4.94. The molecule has 0 bridgehead atoms. The van der Waals surface area contributed by atoms with Crippen molar-refractivity contribution in [2.75, 3.05) is 0 Å². The van der Waals surface area contributed by atoms with E-state index in [0.29, 0.717) is 0 Å². The molecule has 0 spiro atoms. The molecule has 1 N–H and O–H groups in total. The number of carboxylic acids is 1. The minimum Gasteiger partial charge on any atom is -0.481 e. The van der Waals surface area contributed by atoms with E-state index in [9.17, 15) is 4.79 Å². The van der Waals surface area contributed by atoms with Crippen LogP contribution in [0.25, 0.3) is 0 Å². The lowest BCUT2D eigenvalue weighted by atomic mass is 10.1. The molecule has 0 saturated heterocycles. The van der Waals surface area contributed by atoms with Crippen molar-refractivity contribution in [3.63, 3.8) is 0 Å². The second kappa shape index (κ2) is 2.54. The predicted molar refractivity (Wildman–Crippen MR) is 49.8 cm³/mol. The highest BCUT2D eigenvalue weighted by atomic mass is 32.1. The Morgan fingerprint density at radius 1 is 1.69 bits per heavy atom. The minimum atomic E-state index is -0.691. The molecule has 70 valence electrons. The fraction of sp³-hybridized carbons (Fsp3) is 0.556. The molecule has 1 saturated carbocycles. The predicted octanol–water partition coefficient (Wildman–Crippen LogP) is 1.97. The van der Waals surface area contributed by atoms with E-state index < -0.39 is 5.97 Å². The van der Waals surface area contributed by atoms with Gasteiger partial charge < -0.3 is 5.11 Å². The van der Waals surface area contributed by atoms with Gasteiger partial charge in [-0.3, -0.25) is 9.78 Å². The van der Waals surface area contributed by atoms with Crippen LogP contribution in [0.1, 0.15) is 24.6 Å². The van der Waals surface area contributed by atoms with E-state index in [1.165, 1.54) is 0 Å². The summed E-state index contributed by atoms with van der Waals surface area (Å²) in [5, 5.41) is 8.94. The molecule has 13 heavy (non-hydrogen) atoms. The molecule has 0 radical (unpaired) electrons. The average molecular weight is 197 g/mol. The van der Waals surface area contributed by atoms with Crippen molar-refractivity contribution < 1.29 is 9.90 Å². The summed E-state index contributed by atoms with van der Waals surface area (Å²) >= 11 is 1.54. The van der Waals surface area contributed by atoms with Crippen molar-refractivity contribution in [2.45, 2.75) is 19.8 Å². The molecule has 2 atom stereocenters. The summed E-state index contributed by atoms with van der Waals surface area (Å²) in [6, 6.07) is 0. The van der Waals surface area contributed by atoms with Gasteiger partial charge in [0.25, 0.3) is 0 Å². The number of rotatable bonds is 2. The minimum absolute atomic E-state index is 0.0988. The first kappa shape index (κ1) is 8.69. The van der Waals surface area contributed by atoms with Crippen molar-refractivity contribution in [1.82, 2.24) is 4.98 Å². The van der Waals surface area contributed by atoms with E-state index in [0.717, 1.165) is 4.88 Å². The molecule has 2 rings (SSSR count). The number of carbonyl (C=O) groups is 1. The number of aliphatic carboxylic acids is 1. The van der Waals surface area contributed by atoms with Gasteiger partial charge in [-0.15, -0.1) is 11.3 Å². The largest absolute Gasteiger partial charge is 0.481 e. The second-order valence-electron chi connectivity index (χ2n) is 4.02. The molecule has 4 heteroatoms. The molecule has 2 unspecified atom stereocenters. The number of nitrogens with zero attached hydrogens (tertiary/aromatic N) is 1. The SMILES string of the molecule is CC1(C)C(C(=O)O)C1c1cncs1. The monoisotopic (exact) mass is 197 g/mol. The Morgan fingerprint density at radius 3 is 2.77 bits per heavy atom. The quantitative estimate of drug-likeness (QED) is 0.788. The first-order valence-electron chi connectivity index (χ1n) is 4.16. The van der Waals surface area contributed by atoms with Gasteiger partial charge in [0.2, 0.25) is 0 Å². The Morgan fingerprint density at radius 2 is 2.38 bits per heavy atom. The summed E-state index contributed by atoms with van der Waals surface area (Å²) in [5.74, 6) is -0.756. The number of hydrogen-bond acceptors (Lipinski definition) is 3. The molecule has 1 fully saturated rings. The van der Waals surface area contributed by atoms with Crippen molar-refractivity contribution >= 4 is 17.3 Å². The third-order valence-electron chi connectivity index (χ3n) is 2.85. The highest BCUT2D eigenvalue weighted by molar-refractivity contribution is 7.09. The topological polar surface area (TPSA) is 50.2 Å². The van der Waals surface area contributed by atoms with Crippen molar-refractivity contribution in [1.29, 1.82) is 0 Å². The summed E-state index contributed by atoms with van der Waals surface area (Å²) in [6.45, 7) is 3.99. The van der Waals surface area contributed by atoms with Gasteiger partial charge in [-0.25, -0.2) is 0 Å². The van der Waals surface area contributed by atoms with Gasteiger partial charge >= 0.3 is 5.97 Å². The van der Waals surface area contributed by atoms with Crippen LogP contribution in [-0.2, 0) is 4.79 Å². The summed E-state index contributed by atoms with van der Waals surface area (Å²) in [7, 11) is 0. The molecule has 0 amide bonds. The van der Waals surface area contributed by atoms with Gasteiger partial charge in [0.15, 0.2) is 0 Å². The van der Waals surface area contributed by atoms with Crippen LogP contribution in [0.5, 0.6) is 0 Å². The normalized spacial score (nSPS) is 30.0. The lowest BCUT2D eigenvalue weighted by Crippen LogP contribution is -2.02. The maximum atomic E-state index is 10.9. The first-order chi connectivity index (χ1) is 6.05. The van der Waals surface area contributed by atoms with Crippen LogP contribution in [0.3, 0.4) is 0 Å². The van der Waals surface area contributed by atoms with Crippen LogP contribution in [-0.4, -0.2) is 16.1 Å². The smallest absolute Gasteiger partial charge is 0.307 e. The first-order valence-corrected chi connectivity index (χ1v) is 5.04. The maximum Gasteiger partial charge on any atom is 0.307 e. The number of carboxylic acid groups (broad SMARTS) is 1. The van der Waals surface area contributed by atoms with Gasteiger partial charge in [0, 0.05) is 17.0 Å². The Kier molecular flexibility index (Phi) is 1.70. The molecule has 0 aliphatic heterocycles. The highest BCUT2D eigenvalue weighted by Crippen LogP contribution is 2.65. The molecule has 1 heterocycles. The summed E-state index contributed by atoms with van der Waals surface area (Å²) in [6.07, 6.45) is 1.78. The zero-order chi connectivity index (χ0) is 9.64. The van der Waals surface area contributed by atoms with Gasteiger partial charge in [-0.1, -0.05) is 13.8 Å². The fourth-order valence-electron chi connectivity index (χ4n) is 2.01. The molecular formula is C9H11NO2S. The van der Waals surface area contributed by atoms with E-state index in [4.69, 9.17) is 5.11 Å². The van der Waals surface area contributed by atoms with Crippen LogP contribution in [0.4, 0.5) is 0 Å². The van der Waals surface area contributed by atoms with Crippen LogP contribution in [0, 0.1) is 11.3 Å². The zero-order valence-corrected chi connectivity index (χ0v) is 8.34. The third kappa shape index (κ3) is 1.16. The van der Waals surface area contributed by atoms with Gasteiger partial charge in [-0.2, -0.15) is 0 Å². The average Bonchev–Trinajstić information content (AvgIpc) is 2.50. The number of hydrogen-bond donors (Lipinski definition) is 1. The molecule has 1 aliphatic carbocycles. The lowest BCUT2D eigenvalue weighted by molar-refractivity contribution is -0.139. The van der Waals surface area contributed by atoms with Crippen LogP contribution < -0.4 is 0 Å². The third-order valence-corrected chi connectivity index (χ3v) is 3.71. The van der Waals surface area contributed by atoms with Crippen LogP contribution in [0.2, 0.25) is 0 Å². The summed E-state index contributed by atoms with van der Waals surface area (Å²) < 4.78 is 0. The van der Waals surface area contributed by atoms with Gasteiger partial charge in [0.05, 0.1) is 11.4 Å². The molecule has 1 aromatic rings. The fourth-order valence-corrected chi connectivity index (χ4v) is 2.96. The van der Waals surface area contributed by atoms with Crippen molar-refractivity contribution in [2.24, 2.45) is 11.3 Å². The number of aromatic nitrogens is 1. The van der Waals surface area contributed by atoms with Crippen LogP contribution >= 0.6 is 11.3 Å². The Bertz CT molecular complexity index is 331. The molecule has 3 nitrogen and oxygen atoms in total. The standard InChI is InChI=1S/C9H11NO2S/c1-9(2)6(7(9)8(11)12)5-3-10-4-13-5/h3-4,6-7H,1-2H3,(H,11,12). The van der Waals surface area contributed by atoms with Crippen molar-refractivity contribution in [3.8, 4) is 0 Å². The molecule has 0 aromatic carbocycles. The van der Waals surface area contributed by atoms with Crippen LogP contribution in [0.15, 0.2) is 11.7 Å². The Balaban J connectivity index is 2.25. The summed E-state index contributed by atoms with van der Waals surface area (Å²) in [4.78, 5) is 15.9. The zero-order valence-electron chi connectivity index (χ0n) is 7.52. The van der Waals surface area contributed by atoms with Gasteiger partial charge in [-0.05, 0) is 5.41 Å². The summed E-state index contributed by atoms with van der Waals surface area (Å²) in [5.41, 5.74) is 1.65.